The molecule has 1 fully saturated rings. The lowest BCUT2D eigenvalue weighted by Gasteiger charge is -2.14. The van der Waals surface area contributed by atoms with Crippen molar-refractivity contribution in [3.05, 3.63) is 58.5 Å². The maximum atomic E-state index is 12.7. The first-order chi connectivity index (χ1) is 14.0. The SMILES string of the molecule is Cc1ccc(NC(=O)CCN2C(=O)/C(=C/c3ccc4c(c3)OCO4)SC2=S)cc1. The van der Waals surface area contributed by atoms with E-state index in [1.165, 1.54) is 16.7 Å². The summed E-state index contributed by atoms with van der Waals surface area (Å²) in [6, 6.07) is 13.0. The standard InChI is InChI=1S/C21H18N2O4S2/c1-13-2-5-15(6-3-13)22-19(24)8-9-23-20(25)18(29-21(23)28)11-14-4-7-16-17(10-14)27-12-26-16/h2-7,10-11H,8-9,12H2,1H3,(H,22,24)/b18-11-. The smallest absolute Gasteiger partial charge is 0.266 e. The second-order valence-electron chi connectivity index (χ2n) is 6.61. The van der Waals surface area contributed by atoms with Crippen molar-refractivity contribution in [2.45, 2.75) is 13.3 Å². The average molecular weight is 427 g/mol. The highest BCUT2D eigenvalue weighted by molar-refractivity contribution is 8.26. The van der Waals surface area contributed by atoms with Crippen molar-refractivity contribution in [2.75, 3.05) is 18.7 Å². The van der Waals surface area contributed by atoms with Gasteiger partial charge in [0.15, 0.2) is 11.5 Å². The van der Waals surface area contributed by atoms with Crippen LogP contribution in [0, 0.1) is 6.92 Å². The van der Waals surface area contributed by atoms with Crippen LogP contribution in [-0.4, -0.2) is 34.4 Å². The van der Waals surface area contributed by atoms with Crippen LogP contribution in [0.15, 0.2) is 47.4 Å². The van der Waals surface area contributed by atoms with E-state index in [1.54, 1.807) is 6.08 Å². The molecule has 4 rings (SSSR count). The first-order valence-electron chi connectivity index (χ1n) is 9.01. The molecule has 2 amide bonds. The minimum atomic E-state index is -0.194. The Morgan fingerprint density at radius 1 is 1.21 bits per heavy atom. The summed E-state index contributed by atoms with van der Waals surface area (Å²) in [5.41, 5.74) is 2.68. The van der Waals surface area contributed by atoms with Crippen molar-refractivity contribution in [3.63, 3.8) is 0 Å². The van der Waals surface area contributed by atoms with E-state index in [4.69, 9.17) is 21.7 Å². The molecule has 0 unspecified atom stereocenters. The summed E-state index contributed by atoms with van der Waals surface area (Å²) in [6.45, 7) is 2.42. The minimum absolute atomic E-state index is 0.164. The van der Waals surface area contributed by atoms with Crippen LogP contribution in [0.2, 0.25) is 0 Å². The van der Waals surface area contributed by atoms with Crippen molar-refractivity contribution in [3.8, 4) is 11.5 Å². The van der Waals surface area contributed by atoms with Gasteiger partial charge < -0.3 is 14.8 Å². The van der Waals surface area contributed by atoms with Gasteiger partial charge in [0.05, 0.1) is 4.91 Å². The van der Waals surface area contributed by atoms with Gasteiger partial charge in [-0.3, -0.25) is 14.5 Å². The summed E-state index contributed by atoms with van der Waals surface area (Å²) < 4.78 is 11.1. The van der Waals surface area contributed by atoms with Crippen LogP contribution in [0.5, 0.6) is 11.5 Å². The van der Waals surface area contributed by atoms with Gasteiger partial charge in [0, 0.05) is 18.7 Å². The molecule has 2 aliphatic rings. The number of ether oxygens (including phenoxy) is 2. The summed E-state index contributed by atoms with van der Waals surface area (Å²) in [5, 5.41) is 2.83. The third-order valence-corrected chi connectivity index (χ3v) is 5.84. The Hall–Kier alpha value is -2.84. The third kappa shape index (κ3) is 4.44. The fourth-order valence-corrected chi connectivity index (χ4v) is 4.23. The number of benzene rings is 2. The fourth-order valence-electron chi connectivity index (χ4n) is 2.92. The van der Waals surface area contributed by atoms with Crippen LogP contribution >= 0.6 is 24.0 Å². The number of aryl methyl sites for hydroxylation is 1. The fraction of sp³-hybridized carbons (Fsp3) is 0.190. The highest BCUT2D eigenvalue weighted by Gasteiger charge is 2.32. The number of thioether (sulfide) groups is 1. The normalized spacial score (nSPS) is 16.6. The number of rotatable bonds is 5. The number of amides is 2. The summed E-state index contributed by atoms with van der Waals surface area (Å²) in [5.74, 6) is 0.986. The molecular formula is C21H18N2O4S2. The van der Waals surface area contributed by atoms with Gasteiger partial charge in [-0.25, -0.2) is 0 Å². The quantitative estimate of drug-likeness (QED) is 0.577. The van der Waals surface area contributed by atoms with Crippen LogP contribution in [0.4, 0.5) is 5.69 Å². The van der Waals surface area contributed by atoms with E-state index < -0.39 is 0 Å². The highest BCUT2D eigenvalue weighted by atomic mass is 32.2. The van der Waals surface area contributed by atoms with Gasteiger partial charge in [-0.2, -0.15) is 0 Å². The van der Waals surface area contributed by atoms with E-state index in [1.807, 2.05) is 49.4 Å². The van der Waals surface area contributed by atoms with Crippen molar-refractivity contribution in [2.24, 2.45) is 0 Å². The molecule has 1 saturated heterocycles. The zero-order valence-electron chi connectivity index (χ0n) is 15.6. The molecule has 1 N–H and O–H groups in total. The van der Waals surface area contributed by atoms with E-state index in [9.17, 15) is 9.59 Å². The monoisotopic (exact) mass is 426 g/mol. The number of nitrogens with zero attached hydrogens (tertiary/aromatic N) is 1. The summed E-state index contributed by atoms with van der Waals surface area (Å²) in [6.07, 6.45) is 1.94. The van der Waals surface area contributed by atoms with Crippen molar-refractivity contribution >= 4 is 51.9 Å². The maximum absolute atomic E-state index is 12.7. The Kier molecular flexibility index (Phi) is 5.55. The second-order valence-corrected chi connectivity index (χ2v) is 8.29. The van der Waals surface area contributed by atoms with E-state index in [0.29, 0.717) is 20.7 Å². The Bertz CT molecular complexity index is 1020. The molecule has 0 saturated carbocycles. The number of anilines is 1. The molecule has 0 spiro atoms. The zero-order chi connectivity index (χ0) is 20.4. The van der Waals surface area contributed by atoms with Crippen molar-refractivity contribution < 1.29 is 19.1 Å². The minimum Gasteiger partial charge on any atom is -0.454 e. The van der Waals surface area contributed by atoms with Gasteiger partial charge >= 0.3 is 0 Å². The number of hydrogen-bond donors (Lipinski definition) is 1. The Labute approximate surface area is 177 Å². The number of fused-ring (bicyclic) bond motifs is 1. The first kappa shape index (κ1) is 19.5. The molecule has 0 aromatic heterocycles. The lowest BCUT2D eigenvalue weighted by atomic mass is 10.2. The molecule has 0 bridgehead atoms. The first-order valence-corrected chi connectivity index (χ1v) is 10.2. The molecular weight excluding hydrogens is 408 g/mol. The van der Waals surface area contributed by atoms with E-state index >= 15 is 0 Å². The molecule has 2 aromatic rings. The third-order valence-electron chi connectivity index (χ3n) is 4.47. The number of thiocarbonyl (C=S) groups is 1. The van der Waals surface area contributed by atoms with Gasteiger partial charge in [0.2, 0.25) is 12.7 Å². The summed E-state index contributed by atoms with van der Waals surface area (Å²) in [4.78, 5) is 26.9. The molecule has 0 atom stereocenters. The number of nitrogens with one attached hydrogen (secondary N) is 1. The number of carbonyl (C=O) groups excluding carboxylic acids is 2. The van der Waals surface area contributed by atoms with Crippen LogP contribution in [0.3, 0.4) is 0 Å². The Morgan fingerprint density at radius 3 is 2.76 bits per heavy atom. The van der Waals surface area contributed by atoms with Gasteiger partial charge in [-0.15, -0.1) is 0 Å². The van der Waals surface area contributed by atoms with Crippen molar-refractivity contribution in [1.29, 1.82) is 0 Å². The summed E-state index contributed by atoms with van der Waals surface area (Å²) >= 11 is 6.57. The summed E-state index contributed by atoms with van der Waals surface area (Å²) in [7, 11) is 0. The van der Waals surface area contributed by atoms with Crippen LogP contribution in [-0.2, 0) is 9.59 Å². The Morgan fingerprint density at radius 2 is 1.97 bits per heavy atom. The van der Waals surface area contributed by atoms with Gasteiger partial charge in [0.25, 0.3) is 5.91 Å². The second kappa shape index (κ2) is 8.26. The molecule has 2 aliphatic heterocycles. The molecule has 148 valence electrons. The van der Waals surface area contributed by atoms with Gasteiger partial charge in [-0.1, -0.05) is 47.7 Å². The molecule has 8 heteroatoms. The van der Waals surface area contributed by atoms with E-state index in [-0.39, 0.29) is 31.6 Å². The molecule has 29 heavy (non-hydrogen) atoms. The largest absolute Gasteiger partial charge is 0.454 e. The lowest BCUT2D eigenvalue weighted by Crippen LogP contribution is -2.31. The predicted octanol–water partition coefficient (Wildman–Crippen LogP) is 3.95. The lowest BCUT2D eigenvalue weighted by molar-refractivity contribution is -0.122. The van der Waals surface area contributed by atoms with Crippen LogP contribution < -0.4 is 14.8 Å². The van der Waals surface area contributed by atoms with Gasteiger partial charge in [0.1, 0.15) is 4.32 Å². The highest BCUT2D eigenvalue weighted by Crippen LogP contribution is 2.36. The predicted molar refractivity (Wildman–Crippen MR) is 117 cm³/mol. The van der Waals surface area contributed by atoms with Gasteiger partial charge in [-0.05, 0) is 42.8 Å². The molecule has 0 radical (unpaired) electrons. The molecule has 6 nitrogen and oxygen atoms in total. The topological polar surface area (TPSA) is 67.9 Å². The van der Waals surface area contributed by atoms with Crippen molar-refractivity contribution in [1.82, 2.24) is 4.90 Å². The molecule has 0 aliphatic carbocycles. The maximum Gasteiger partial charge on any atom is 0.266 e. The zero-order valence-corrected chi connectivity index (χ0v) is 17.3. The number of carbonyl (C=O) groups is 2. The van der Waals surface area contributed by atoms with Crippen LogP contribution in [0.25, 0.3) is 6.08 Å². The molecule has 2 heterocycles. The van der Waals surface area contributed by atoms with Crippen LogP contribution in [0.1, 0.15) is 17.5 Å². The van der Waals surface area contributed by atoms with E-state index in [0.717, 1.165) is 16.8 Å². The average Bonchev–Trinajstić information content (AvgIpc) is 3.26. The number of hydrogen-bond acceptors (Lipinski definition) is 6. The Balaban J connectivity index is 1.38. The molecule has 2 aromatic carbocycles. The van der Waals surface area contributed by atoms with E-state index in [2.05, 4.69) is 5.32 Å².